The summed E-state index contributed by atoms with van der Waals surface area (Å²) in [5.41, 5.74) is 3.54. The fourth-order valence-electron chi connectivity index (χ4n) is 3.12. The molecule has 1 heterocycles. The normalized spacial score (nSPS) is 10.9. The monoisotopic (exact) mass is 386 g/mol. The summed E-state index contributed by atoms with van der Waals surface area (Å²) in [6, 6.07) is 17.2. The second kappa shape index (κ2) is 9.52. The minimum absolute atomic E-state index is 0.234. The van der Waals surface area contributed by atoms with E-state index in [9.17, 15) is 9.59 Å². The highest BCUT2D eigenvalue weighted by Crippen LogP contribution is 2.22. The van der Waals surface area contributed by atoms with Crippen LogP contribution in [0, 0.1) is 11.3 Å². The van der Waals surface area contributed by atoms with Gasteiger partial charge in [0, 0.05) is 40.8 Å². The molecule has 0 N–H and O–H groups in total. The number of ether oxygens (including phenoxy) is 1. The number of aryl methyl sites for hydroxylation is 2. The van der Waals surface area contributed by atoms with Crippen LogP contribution in [0.4, 0.5) is 0 Å². The van der Waals surface area contributed by atoms with E-state index in [1.54, 1.807) is 18.2 Å². The number of hydrogen-bond donors (Lipinski definition) is 0. The number of ketones is 1. The van der Waals surface area contributed by atoms with Crippen LogP contribution < -0.4 is 0 Å². The van der Waals surface area contributed by atoms with Crippen LogP contribution in [0.3, 0.4) is 0 Å². The van der Waals surface area contributed by atoms with Gasteiger partial charge in [0.05, 0.1) is 12.5 Å². The molecule has 0 aliphatic rings. The fraction of sp³-hybridized carbons (Fsp3) is 0.208. The lowest BCUT2D eigenvalue weighted by Gasteiger charge is -2.03. The van der Waals surface area contributed by atoms with Crippen LogP contribution >= 0.6 is 0 Å². The number of nitriles is 1. The van der Waals surface area contributed by atoms with Crippen LogP contribution in [-0.2, 0) is 22.5 Å². The number of aromatic nitrogens is 1. The summed E-state index contributed by atoms with van der Waals surface area (Å²) in [6.07, 6.45) is 6.22. The van der Waals surface area contributed by atoms with Gasteiger partial charge in [-0.3, -0.25) is 4.79 Å². The quantitative estimate of drug-likeness (QED) is 0.323. The average Bonchev–Trinajstić information content (AvgIpc) is 3.12. The summed E-state index contributed by atoms with van der Waals surface area (Å²) in [7, 11) is 0. The lowest BCUT2D eigenvalue weighted by atomic mass is 10.1. The molecule has 3 aromatic rings. The van der Waals surface area contributed by atoms with Crippen molar-refractivity contribution >= 4 is 28.7 Å². The van der Waals surface area contributed by atoms with Crippen molar-refractivity contribution in [3.05, 3.63) is 77.5 Å². The van der Waals surface area contributed by atoms with Crippen LogP contribution in [-0.4, -0.2) is 22.9 Å². The van der Waals surface area contributed by atoms with Crippen LogP contribution in [0.5, 0.6) is 0 Å². The molecule has 0 aliphatic heterocycles. The Kier molecular flexibility index (Phi) is 6.59. The Morgan fingerprint density at radius 2 is 1.90 bits per heavy atom. The zero-order valence-corrected chi connectivity index (χ0v) is 16.3. The van der Waals surface area contributed by atoms with E-state index in [2.05, 4.69) is 6.07 Å². The maximum atomic E-state index is 12.2. The number of benzene rings is 2. The molecule has 0 atom stereocenters. The van der Waals surface area contributed by atoms with Gasteiger partial charge in [0.1, 0.15) is 0 Å². The van der Waals surface area contributed by atoms with E-state index in [-0.39, 0.29) is 12.4 Å². The molecule has 0 saturated heterocycles. The Balaban J connectivity index is 1.64. The Labute approximate surface area is 169 Å². The molecule has 0 radical (unpaired) electrons. The third kappa shape index (κ3) is 4.99. The minimum Gasteiger partial charge on any atom is -0.454 e. The molecule has 0 saturated carbocycles. The summed E-state index contributed by atoms with van der Waals surface area (Å²) in [5, 5.41) is 9.82. The number of esters is 1. The standard InChI is InChI=1S/C24H22N2O3/c1-2-18-8-10-19(11-9-18)23(27)17-29-24(28)13-12-20-16-26(15-5-14-25)22-7-4-3-6-21(20)22/h3-4,6-13,16H,2,5,15,17H2,1H3/b13-12+. The molecule has 0 unspecified atom stereocenters. The van der Waals surface area contributed by atoms with Gasteiger partial charge in [-0.15, -0.1) is 0 Å². The number of para-hydroxylation sites is 1. The molecule has 146 valence electrons. The summed E-state index contributed by atoms with van der Waals surface area (Å²) in [6.45, 7) is 2.34. The average molecular weight is 386 g/mol. The summed E-state index contributed by atoms with van der Waals surface area (Å²) < 4.78 is 7.09. The van der Waals surface area contributed by atoms with E-state index in [0.717, 1.165) is 28.5 Å². The topological polar surface area (TPSA) is 72.1 Å². The van der Waals surface area contributed by atoms with Crippen molar-refractivity contribution in [2.24, 2.45) is 0 Å². The second-order valence-corrected chi connectivity index (χ2v) is 6.62. The van der Waals surface area contributed by atoms with E-state index in [0.29, 0.717) is 18.5 Å². The smallest absolute Gasteiger partial charge is 0.331 e. The highest BCUT2D eigenvalue weighted by Gasteiger charge is 2.09. The van der Waals surface area contributed by atoms with Gasteiger partial charge in [0.15, 0.2) is 12.4 Å². The first-order valence-electron chi connectivity index (χ1n) is 9.54. The number of rotatable bonds is 8. The minimum atomic E-state index is -0.572. The first-order chi connectivity index (χ1) is 14.1. The molecule has 29 heavy (non-hydrogen) atoms. The second-order valence-electron chi connectivity index (χ2n) is 6.62. The van der Waals surface area contributed by atoms with Gasteiger partial charge in [0.2, 0.25) is 0 Å². The summed E-state index contributed by atoms with van der Waals surface area (Å²) in [4.78, 5) is 24.2. The predicted octanol–water partition coefficient (Wildman–Crippen LogP) is 4.56. The van der Waals surface area contributed by atoms with E-state index < -0.39 is 5.97 Å². The predicted molar refractivity (Wildman–Crippen MR) is 112 cm³/mol. The maximum absolute atomic E-state index is 12.2. The van der Waals surface area contributed by atoms with Crippen LogP contribution in [0.25, 0.3) is 17.0 Å². The van der Waals surface area contributed by atoms with Gasteiger partial charge in [-0.25, -0.2) is 4.79 Å². The van der Waals surface area contributed by atoms with Crippen molar-refractivity contribution in [2.45, 2.75) is 26.3 Å². The number of carbonyl (C=O) groups is 2. The molecule has 0 amide bonds. The third-order valence-electron chi connectivity index (χ3n) is 4.71. The maximum Gasteiger partial charge on any atom is 0.331 e. The summed E-state index contributed by atoms with van der Waals surface area (Å²) in [5.74, 6) is -0.806. The molecule has 0 fully saturated rings. The van der Waals surface area contributed by atoms with Crippen molar-refractivity contribution in [3.8, 4) is 6.07 Å². The highest BCUT2D eigenvalue weighted by atomic mass is 16.5. The number of fused-ring (bicyclic) bond motifs is 1. The van der Waals surface area contributed by atoms with Gasteiger partial charge >= 0.3 is 5.97 Å². The molecule has 0 aliphatic carbocycles. The number of carbonyl (C=O) groups excluding carboxylic acids is 2. The zero-order valence-electron chi connectivity index (χ0n) is 16.3. The molecule has 3 rings (SSSR count). The van der Waals surface area contributed by atoms with E-state index in [4.69, 9.17) is 10.00 Å². The molecule has 0 spiro atoms. The number of hydrogen-bond acceptors (Lipinski definition) is 4. The molecule has 5 nitrogen and oxygen atoms in total. The lowest BCUT2D eigenvalue weighted by molar-refractivity contribution is -0.136. The lowest BCUT2D eigenvalue weighted by Crippen LogP contribution is -2.12. The Morgan fingerprint density at radius 1 is 1.14 bits per heavy atom. The fourth-order valence-corrected chi connectivity index (χ4v) is 3.12. The molecule has 2 aromatic carbocycles. The van der Waals surface area contributed by atoms with Gasteiger partial charge in [-0.1, -0.05) is 49.4 Å². The van der Waals surface area contributed by atoms with Gasteiger partial charge in [-0.05, 0) is 24.1 Å². The first-order valence-corrected chi connectivity index (χ1v) is 9.54. The first kappa shape index (κ1) is 20.1. The SMILES string of the molecule is CCc1ccc(C(=O)COC(=O)/C=C/c2cn(CCC#N)c3ccccc23)cc1. The van der Waals surface area contributed by atoms with Crippen LogP contribution in [0.1, 0.15) is 34.8 Å². The molecular formula is C24H22N2O3. The zero-order chi connectivity index (χ0) is 20.6. The van der Waals surface area contributed by atoms with Gasteiger partial charge < -0.3 is 9.30 Å². The van der Waals surface area contributed by atoms with Gasteiger partial charge in [-0.2, -0.15) is 5.26 Å². The van der Waals surface area contributed by atoms with Crippen LogP contribution in [0.2, 0.25) is 0 Å². The van der Waals surface area contributed by atoms with Crippen molar-refractivity contribution in [1.82, 2.24) is 4.57 Å². The number of nitrogens with zero attached hydrogens (tertiary/aromatic N) is 2. The summed E-state index contributed by atoms with van der Waals surface area (Å²) >= 11 is 0. The van der Waals surface area contributed by atoms with E-state index in [1.165, 1.54) is 6.08 Å². The Morgan fingerprint density at radius 3 is 2.62 bits per heavy atom. The molecule has 5 heteroatoms. The van der Waals surface area contributed by atoms with Crippen molar-refractivity contribution in [2.75, 3.05) is 6.61 Å². The Hall–Kier alpha value is -3.65. The molecular weight excluding hydrogens is 364 g/mol. The highest BCUT2D eigenvalue weighted by molar-refractivity contribution is 5.99. The van der Waals surface area contributed by atoms with Crippen molar-refractivity contribution in [1.29, 1.82) is 5.26 Å². The molecule has 1 aromatic heterocycles. The third-order valence-corrected chi connectivity index (χ3v) is 4.71. The van der Waals surface area contributed by atoms with Crippen LogP contribution in [0.15, 0.2) is 60.8 Å². The van der Waals surface area contributed by atoms with Crippen molar-refractivity contribution in [3.63, 3.8) is 0 Å². The largest absolute Gasteiger partial charge is 0.454 e. The van der Waals surface area contributed by atoms with E-state index in [1.807, 2.05) is 54.1 Å². The molecule has 0 bridgehead atoms. The van der Waals surface area contributed by atoms with Gasteiger partial charge in [0.25, 0.3) is 0 Å². The van der Waals surface area contributed by atoms with Crippen molar-refractivity contribution < 1.29 is 14.3 Å². The number of Topliss-reactive ketones (excluding diaryl/α,β-unsaturated/α-hetero) is 1. The Bertz CT molecular complexity index is 1090. The van der Waals surface area contributed by atoms with E-state index >= 15 is 0 Å².